The van der Waals surface area contributed by atoms with Gasteiger partial charge in [0.25, 0.3) is 0 Å². The Morgan fingerprint density at radius 3 is 2.25 bits per heavy atom. The third-order valence-electron chi connectivity index (χ3n) is 10.4. The van der Waals surface area contributed by atoms with Gasteiger partial charge in [0.05, 0.1) is 0 Å². The molecule has 5 heteroatoms. The number of allylic oxidation sites excluding steroid dienone is 1. The average Bonchev–Trinajstić information content (AvgIpc) is 3.58. The third-order valence-corrected chi connectivity index (χ3v) is 10.4. The zero-order valence-electron chi connectivity index (χ0n) is 29.1. The van der Waals surface area contributed by atoms with Gasteiger partial charge in [-0.2, -0.15) is 6.07 Å². The summed E-state index contributed by atoms with van der Waals surface area (Å²) in [5.41, 5.74) is 11.6. The van der Waals surface area contributed by atoms with Crippen LogP contribution in [-0.2, 0) is 37.3 Å². The van der Waals surface area contributed by atoms with Crippen LogP contribution in [-0.4, -0.2) is 14.5 Å². The molecule has 0 unspecified atom stereocenters. The minimum absolute atomic E-state index is 0. The summed E-state index contributed by atoms with van der Waals surface area (Å²) in [5, 5.41) is 2.28. The monoisotopic (exact) mass is 810 g/mol. The quantitative estimate of drug-likeness (QED) is 0.167. The molecule has 4 nitrogen and oxygen atoms in total. The van der Waals surface area contributed by atoms with Crippen LogP contribution in [0.5, 0.6) is 11.5 Å². The summed E-state index contributed by atoms with van der Waals surface area (Å²) in [6.07, 6.45) is 3.96. The molecule has 0 aliphatic heterocycles. The second-order valence-corrected chi connectivity index (χ2v) is 15.6. The van der Waals surface area contributed by atoms with Gasteiger partial charge >= 0.3 is 21.1 Å². The Hall–Kier alpha value is -4.01. The van der Waals surface area contributed by atoms with Crippen LogP contribution >= 0.6 is 0 Å². The number of benzene rings is 3. The van der Waals surface area contributed by atoms with E-state index in [1.807, 2.05) is 18.3 Å². The number of para-hydroxylation sites is 1. The molecular weight excluding hydrogens is 770 g/mol. The maximum Gasteiger partial charge on any atom is 2.00 e. The molecule has 0 bridgehead atoms. The van der Waals surface area contributed by atoms with Gasteiger partial charge in [-0.1, -0.05) is 109 Å². The molecule has 2 aliphatic rings. The molecule has 244 valence electrons. The van der Waals surface area contributed by atoms with Gasteiger partial charge < -0.3 is 9.30 Å². The van der Waals surface area contributed by atoms with Crippen LogP contribution in [0.4, 0.5) is 0 Å². The Morgan fingerprint density at radius 1 is 0.792 bits per heavy atom. The summed E-state index contributed by atoms with van der Waals surface area (Å²) >= 11 is 0. The molecule has 6 aromatic rings. The predicted octanol–water partition coefficient (Wildman–Crippen LogP) is 10.8. The zero-order valence-corrected chi connectivity index (χ0v) is 31.4. The second kappa shape index (κ2) is 11.0. The number of hydrogen-bond acceptors (Lipinski definition) is 3. The van der Waals surface area contributed by atoms with Crippen molar-refractivity contribution < 1.29 is 25.8 Å². The molecule has 0 radical (unpaired) electrons. The Bertz CT molecular complexity index is 2300. The van der Waals surface area contributed by atoms with Gasteiger partial charge in [0.2, 0.25) is 0 Å². The summed E-state index contributed by atoms with van der Waals surface area (Å²) in [6.45, 7) is 20.6. The number of rotatable bonds is 4. The Morgan fingerprint density at radius 2 is 1.50 bits per heavy atom. The van der Waals surface area contributed by atoms with E-state index in [9.17, 15) is 0 Å². The fourth-order valence-corrected chi connectivity index (χ4v) is 8.05. The van der Waals surface area contributed by atoms with Crippen molar-refractivity contribution in [2.75, 3.05) is 0 Å². The molecule has 0 fully saturated rings. The van der Waals surface area contributed by atoms with Crippen LogP contribution < -0.4 is 4.74 Å². The van der Waals surface area contributed by atoms with Crippen molar-refractivity contribution in [2.24, 2.45) is 0 Å². The molecule has 3 aromatic carbocycles. The van der Waals surface area contributed by atoms with Crippen molar-refractivity contribution in [2.45, 2.75) is 84.5 Å². The van der Waals surface area contributed by atoms with Crippen LogP contribution in [0.1, 0.15) is 102 Å². The van der Waals surface area contributed by atoms with Crippen molar-refractivity contribution in [3.8, 4) is 17.3 Å². The van der Waals surface area contributed by atoms with Crippen molar-refractivity contribution >= 4 is 27.4 Å². The first kappa shape index (κ1) is 32.5. The molecule has 0 N–H and O–H groups in total. The van der Waals surface area contributed by atoms with E-state index >= 15 is 0 Å². The topological polar surface area (TPSA) is 39.9 Å². The van der Waals surface area contributed by atoms with Crippen molar-refractivity contribution in [1.82, 2.24) is 14.5 Å². The second-order valence-electron chi connectivity index (χ2n) is 15.6. The normalized spacial score (nSPS) is 15.9. The Balaban J connectivity index is 0.00000364. The Kier molecular flexibility index (Phi) is 7.46. The van der Waals surface area contributed by atoms with Crippen LogP contribution in [0, 0.1) is 12.1 Å². The first-order chi connectivity index (χ1) is 22.3. The fraction of sp³-hybridized carbons (Fsp3) is 0.302. The van der Waals surface area contributed by atoms with Crippen LogP contribution in [0.2, 0.25) is 0 Å². The van der Waals surface area contributed by atoms with Crippen molar-refractivity contribution in [1.29, 1.82) is 0 Å². The average molecular weight is 811 g/mol. The van der Waals surface area contributed by atoms with Crippen LogP contribution in [0.3, 0.4) is 0 Å². The SMILES string of the molecule is CC(C)c1ccnc(-n2c3[c-]c(Oc4[c-]c5c(cc4)C(C)(C)C4=C5c5ncc(C(C)(C)C)cc5C4(C)C)ccc3c3ccccc32)c1.[Pt+2]. The van der Waals surface area contributed by atoms with E-state index in [-0.39, 0.29) is 37.3 Å². The van der Waals surface area contributed by atoms with Gasteiger partial charge in [0.1, 0.15) is 5.82 Å². The molecule has 0 atom stereocenters. The van der Waals surface area contributed by atoms with E-state index in [4.69, 9.17) is 14.7 Å². The van der Waals surface area contributed by atoms with E-state index in [1.54, 1.807) is 0 Å². The number of ether oxygens (including phenoxy) is 1. The van der Waals surface area contributed by atoms with Crippen LogP contribution in [0.15, 0.2) is 84.7 Å². The predicted molar refractivity (Wildman–Crippen MR) is 192 cm³/mol. The molecular formula is C43H41N3OPt. The van der Waals surface area contributed by atoms with Crippen molar-refractivity contribution in [3.63, 3.8) is 0 Å². The minimum Gasteiger partial charge on any atom is -0.503 e. The molecule has 0 spiro atoms. The van der Waals surface area contributed by atoms with Gasteiger partial charge in [-0.25, -0.2) is 4.98 Å². The summed E-state index contributed by atoms with van der Waals surface area (Å²) in [6, 6.07) is 30.9. The number of pyridine rings is 2. The van der Waals surface area contributed by atoms with Gasteiger partial charge in [-0.05, 0) is 57.0 Å². The van der Waals surface area contributed by atoms with E-state index in [2.05, 4.69) is 140 Å². The largest absolute Gasteiger partial charge is 2.00 e. The first-order valence-corrected chi connectivity index (χ1v) is 16.7. The number of nitrogens with zero attached hydrogens (tertiary/aromatic N) is 3. The summed E-state index contributed by atoms with van der Waals surface area (Å²) in [5.74, 6) is 2.59. The summed E-state index contributed by atoms with van der Waals surface area (Å²) < 4.78 is 8.79. The standard InChI is InChI=1S/C43H41N3O.Pt/c1-25(2)26-18-19-44-37(20-26)46-35-13-11-10-12-30(35)31-16-14-29(23-36(31)46)47-28-15-17-33-32(22-28)38-39-34(21-27(24-45-39)41(3,4)5)43(8,9)40(38)42(33,6)7;/h10-21,24-25H,1-9H3;/q-2;+2. The molecule has 0 saturated heterocycles. The number of aromatic nitrogens is 3. The van der Waals surface area contributed by atoms with Crippen molar-refractivity contribution in [3.05, 3.63) is 130 Å². The van der Waals surface area contributed by atoms with E-state index in [0.29, 0.717) is 17.4 Å². The maximum absolute atomic E-state index is 6.59. The molecule has 48 heavy (non-hydrogen) atoms. The summed E-state index contributed by atoms with van der Waals surface area (Å²) in [4.78, 5) is 9.91. The van der Waals surface area contributed by atoms with E-state index in [1.165, 1.54) is 33.4 Å². The van der Waals surface area contributed by atoms with Gasteiger partial charge in [-0.3, -0.25) is 4.98 Å². The van der Waals surface area contributed by atoms with Gasteiger partial charge in [-0.15, -0.1) is 40.8 Å². The molecule has 0 amide bonds. The molecule has 8 rings (SSSR count). The smallest absolute Gasteiger partial charge is 0.503 e. The van der Waals surface area contributed by atoms with E-state index < -0.39 is 0 Å². The fourth-order valence-electron chi connectivity index (χ4n) is 8.05. The minimum atomic E-state index is -0.157. The summed E-state index contributed by atoms with van der Waals surface area (Å²) in [7, 11) is 0. The molecule has 3 aromatic heterocycles. The molecule has 0 saturated carbocycles. The van der Waals surface area contributed by atoms with Gasteiger partial charge in [0, 0.05) is 40.5 Å². The first-order valence-electron chi connectivity index (χ1n) is 16.7. The number of hydrogen-bond donors (Lipinski definition) is 0. The van der Waals surface area contributed by atoms with Crippen LogP contribution in [0.25, 0.3) is 33.2 Å². The maximum atomic E-state index is 6.59. The molecule has 2 aliphatic carbocycles. The van der Waals surface area contributed by atoms with E-state index in [0.717, 1.165) is 38.9 Å². The Labute approximate surface area is 298 Å². The third kappa shape index (κ3) is 4.74. The zero-order chi connectivity index (χ0) is 33.0. The van der Waals surface area contributed by atoms with Gasteiger partial charge in [0.15, 0.2) is 0 Å². The number of fused-ring (bicyclic) bond motifs is 7. The molecule has 3 heterocycles.